The zero-order valence-electron chi connectivity index (χ0n) is 7.98. The summed E-state index contributed by atoms with van der Waals surface area (Å²) in [6, 6.07) is 2.55. The zero-order valence-corrected chi connectivity index (χ0v) is 7.98. The molecule has 0 bridgehead atoms. The summed E-state index contributed by atoms with van der Waals surface area (Å²) in [5, 5.41) is 11.7. The molecule has 2 rings (SSSR count). The molecule has 2 N–H and O–H groups in total. The number of carbonyl (C=O) groups is 1. The van der Waals surface area contributed by atoms with E-state index in [1.807, 2.05) is 0 Å². The molecule has 15 heavy (non-hydrogen) atoms. The smallest absolute Gasteiger partial charge is 0.253 e. The van der Waals surface area contributed by atoms with Gasteiger partial charge in [-0.3, -0.25) is 4.79 Å². The van der Waals surface area contributed by atoms with Gasteiger partial charge in [-0.2, -0.15) is 4.39 Å². The van der Waals surface area contributed by atoms with Crippen molar-refractivity contribution in [3.63, 3.8) is 0 Å². The van der Waals surface area contributed by atoms with Crippen molar-refractivity contribution < 1.29 is 14.3 Å². The fraction of sp³-hybridized carbons (Fsp3) is 0.400. The predicted molar refractivity (Wildman–Crippen MR) is 50.7 cm³/mol. The molecule has 1 aliphatic carbocycles. The van der Waals surface area contributed by atoms with Crippen LogP contribution in [0.4, 0.5) is 4.39 Å². The van der Waals surface area contributed by atoms with Crippen LogP contribution in [-0.4, -0.2) is 28.1 Å². The van der Waals surface area contributed by atoms with E-state index in [1.54, 1.807) is 0 Å². The summed E-state index contributed by atoms with van der Waals surface area (Å²) in [6.07, 6.45) is 2.06. The average molecular weight is 210 g/mol. The third-order valence-electron chi connectivity index (χ3n) is 2.44. The number of halogens is 1. The lowest BCUT2D eigenvalue weighted by Crippen LogP contribution is -2.46. The number of amides is 1. The molecule has 0 atom stereocenters. The van der Waals surface area contributed by atoms with Crippen molar-refractivity contribution in [2.45, 2.75) is 25.0 Å². The number of nitrogens with one attached hydrogen (secondary N) is 1. The summed E-state index contributed by atoms with van der Waals surface area (Å²) in [5.41, 5.74) is 0.331. The number of aromatic nitrogens is 1. The first-order chi connectivity index (χ1) is 7.15. The Balaban J connectivity index is 1.93. The van der Waals surface area contributed by atoms with Crippen molar-refractivity contribution in [2.24, 2.45) is 0 Å². The first-order valence-corrected chi connectivity index (χ1v) is 4.75. The van der Waals surface area contributed by atoms with Crippen LogP contribution in [0.15, 0.2) is 18.3 Å². The number of aliphatic hydroxyl groups excluding tert-OH is 1. The van der Waals surface area contributed by atoms with Gasteiger partial charge in [0.2, 0.25) is 5.95 Å². The van der Waals surface area contributed by atoms with Gasteiger partial charge in [-0.25, -0.2) is 4.98 Å². The van der Waals surface area contributed by atoms with Crippen LogP contribution in [0.3, 0.4) is 0 Å². The molecule has 80 valence electrons. The van der Waals surface area contributed by atoms with Gasteiger partial charge in [-0.05, 0) is 25.0 Å². The number of hydrogen-bond donors (Lipinski definition) is 2. The van der Waals surface area contributed by atoms with E-state index in [9.17, 15) is 9.18 Å². The van der Waals surface area contributed by atoms with E-state index < -0.39 is 5.95 Å². The SMILES string of the molecule is O=C(NC1CC(O)C1)c1ccc(F)nc1. The van der Waals surface area contributed by atoms with Crippen LogP contribution in [-0.2, 0) is 0 Å². The molecule has 0 aromatic carbocycles. The summed E-state index contributed by atoms with van der Waals surface area (Å²) < 4.78 is 12.5. The fourth-order valence-electron chi connectivity index (χ4n) is 1.48. The normalized spacial score (nSPS) is 24.4. The third-order valence-corrected chi connectivity index (χ3v) is 2.44. The van der Waals surface area contributed by atoms with Gasteiger partial charge in [0.1, 0.15) is 0 Å². The Bertz CT molecular complexity index is 360. The molecule has 0 aliphatic heterocycles. The van der Waals surface area contributed by atoms with Crippen LogP contribution < -0.4 is 5.32 Å². The zero-order chi connectivity index (χ0) is 10.8. The van der Waals surface area contributed by atoms with Gasteiger partial charge in [-0.15, -0.1) is 0 Å². The van der Waals surface area contributed by atoms with Crippen LogP contribution in [0, 0.1) is 5.95 Å². The van der Waals surface area contributed by atoms with Gasteiger partial charge in [-0.1, -0.05) is 0 Å². The number of carbonyl (C=O) groups excluding carboxylic acids is 1. The number of pyridine rings is 1. The lowest BCUT2D eigenvalue weighted by atomic mass is 9.89. The van der Waals surface area contributed by atoms with Crippen LogP contribution in [0.1, 0.15) is 23.2 Å². The Labute approximate surface area is 86.1 Å². The van der Waals surface area contributed by atoms with E-state index in [2.05, 4.69) is 10.3 Å². The highest BCUT2D eigenvalue weighted by atomic mass is 19.1. The molecule has 4 nitrogen and oxygen atoms in total. The highest BCUT2D eigenvalue weighted by molar-refractivity contribution is 5.94. The molecule has 1 aliphatic rings. The predicted octanol–water partition coefficient (Wildman–Crippen LogP) is 0.474. The fourth-order valence-corrected chi connectivity index (χ4v) is 1.48. The van der Waals surface area contributed by atoms with Gasteiger partial charge in [0.15, 0.2) is 0 Å². The summed E-state index contributed by atoms with van der Waals surface area (Å²) in [6.45, 7) is 0. The van der Waals surface area contributed by atoms with Crippen LogP contribution in [0.5, 0.6) is 0 Å². The minimum Gasteiger partial charge on any atom is -0.393 e. The van der Waals surface area contributed by atoms with Gasteiger partial charge in [0, 0.05) is 12.2 Å². The van der Waals surface area contributed by atoms with E-state index in [0.717, 1.165) is 6.07 Å². The quantitative estimate of drug-likeness (QED) is 0.698. The maximum absolute atomic E-state index is 12.5. The Morgan fingerprint density at radius 3 is 2.80 bits per heavy atom. The van der Waals surface area contributed by atoms with Crippen molar-refractivity contribution >= 4 is 5.91 Å². The lowest BCUT2D eigenvalue weighted by molar-refractivity contribution is 0.0562. The Morgan fingerprint density at radius 2 is 2.27 bits per heavy atom. The molecular weight excluding hydrogens is 199 g/mol. The molecule has 0 spiro atoms. The van der Waals surface area contributed by atoms with Crippen LogP contribution in [0.2, 0.25) is 0 Å². The molecular formula is C10H11FN2O2. The lowest BCUT2D eigenvalue weighted by Gasteiger charge is -2.31. The third kappa shape index (κ3) is 2.30. The second-order valence-electron chi connectivity index (χ2n) is 3.67. The largest absolute Gasteiger partial charge is 0.393 e. The highest BCUT2D eigenvalue weighted by Gasteiger charge is 2.28. The van der Waals surface area contributed by atoms with Crippen molar-refractivity contribution in [1.29, 1.82) is 0 Å². The van der Waals surface area contributed by atoms with Crippen LogP contribution >= 0.6 is 0 Å². The Kier molecular flexibility index (Phi) is 2.64. The molecule has 1 aromatic rings. The summed E-state index contributed by atoms with van der Waals surface area (Å²) in [4.78, 5) is 14.9. The first kappa shape index (κ1) is 10.0. The van der Waals surface area contributed by atoms with Crippen LogP contribution in [0.25, 0.3) is 0 Å². The van der Waals surface area contributed by atoms with E-state index >= 15 is 0 Å². The average Bonchev–Trinajstić information content (AvgIpc) is 2.16. The minimum atomic E-state index is -0.606. The summed E-state index contributed by atoms with van der Waals surface area (Å²) >= 11 is 0. The topological polar surface area (TPSA) is 62.2 Å². The molecule has 1 saturated carbocycles. The molecule has 1 aromatic heterocycles. The number of hydrogen-bond acceptors (Lipinski definition) is 3. The maximum atomic E-state index is 12.5. The van der Waals surface area contributed by atoms with E-state index in [-0.39, 0.29) is 18.1 Å². The Hall–Kier alpha value is -1.49. The standard InChI is InChI=1S/C10H11FN2O2/c11-9-2-1-6(5-12-9)10(15)13-7-3-8(14)4-7/h1-2,5,7-8,14H,3-4H2,(H,13,15). The monoisotopic (exact) mass is 210 g/mol. The number of rotatable bonds is 2. The van der Waals surface area contributed by atoms with Crippen molar-refractivity contribution in [1.82, 2.24) is 10.3 Å². The second kappa shape index (κ2) is 3.94. The highest BCUT2D eigenvalue weighted by Crippen LogP contribution is 2.19. The van der Waals surface area contributed by atoms with Crippen molar-refractivity contribution in [3.05, 3.63) is 29.8 Å². The van der Waals surface area contributed by atoms with Gasteiger partial charge in [0.05, 0.1) is 11.7 Å². The first-order valence-electron chi connectivity index (χ1n) is 4.75. The van der Waals surface area contributed by atoms with Crippen molar-refractivity contribution in [2.75, 3.05) is 0 Å². The molecule has 5 heteroatoms. The van der Waals surface area contributed by atoms with Gasteiger partial charge < -0.3 is 10.4 Å². The van der Waals surface area contributed by atoms with E-state index in [1.165, 1.54) is 12.3 Å². The molecule has 0 radical (unpaired) electrons. The second-order valence-corrected chi connectivity index (χ2v) is 3.67. The van der Waals surface area contributed by atoms with E-state index in [0.29, 0.717) is 18.4 Å². The van der Waals surface area contributed by atoms with Gasteiger partial charge in [0.25, 0.3) is 5.91 Å². The minimum absolute atomic E-state index is 0.0255. The number of aliphatic hydroxyl groups is 1. The Morgan fingerprint density at radius 1 is 1.53 bits per heavy atom. The molecule has 0 saturated heterocycles. The van der Waals surface area contributed by atoms with E-state index in [4.69, 9.17) is 5.11 Å². The molecule has 1 heterocycles. The summed E-state index contributed by atoms with van der Waals surface area (Å²) in [5.74, 6) is -0.884. The number of nitrogens with zero attached hydrogens (tertiary/aromatic N) is 1. The molecule has 1 amide bonds. The molecule has 1 fully saturated rings. The summed E-state index contributed by atoms with van der Waals surface area (Å²) in [7, 11) is 0. The molecule has 0 unspecified atom stereocenters. The van der Waals surface area contributed by atoms with Gasteiger partial charge >= 0.3 is 0 Å². The van der Waals surface area contributed by atoms with Crippen molar-refractivity contribution in [3.8, 4) is 0 Å². The maximum Gasteiger partial charge on any atom is 0.253 e.